The number of fused-ring (bicyclic) bond motifs is 1. The lowest BCUT2D eigenvalue weighted by Gasteiger charge is -2.38. The van der Waals surface area contributed by atoms with Gasteiger partial charge in [0.15, 0.2) is 0 Å². The molecule has 0 bridgehead atoms. The number of imidazole rings is 1. The zero-order valence-electron chi connectivity index (χ0n) is 17.2. The molecule has 0 amide bonds. The van der Waals surface area contributed by atoms with Gasteiger partial charge in [-0.1, -0.05) is 48.9 Å². The van der Waals surface area contributed by atoms with Crippen LogP contribution in [0.2, 0.25) is 0 Å². The van der Waals surface area contributed by atoms with Gasteiger partial charge in [-0.05, 0) is 57.9 Å². The molecule has 1 saturated heterocycles. The van der Waals surface area contributed by atoms with Crippen LogP contribution in [0.25, 0.3) is 11.0 Å². The van der Waals surface area contributed by atoms with Gasteiger partial charge in [0.2, 0.25) is 0 Å². The summed E-state index contributed by atoms with van der Waals surface area (Å²) in [6.07, 6.45) is 3.68. The first-order valence-electron chi connectivity index (χ1n) is 10.6. The minimum Gasteiger partial charge on any atom is -0.296 e. The quantitative estimate of drug-likeness (QED) is 0.646. The van der Waals surface area contributed by atoms with Crippen molar-refractivity contribution in [2.75, 3.05) is 6.54 Å². The average Bonchev–Trinajstić information content (AvgIpc) is 3.00. The van der Waals surface area contributed by atoms with Crippen LogP contribution in [0.5, 0.6) is 0 Å². The van der Waals surface area contributed by atoms with Gasteiger partial charge >= 0.3 is 5.69 Å². The second-order valence-electron chi connectivity index (χ2n) is 8.32. The molecule has 0 spiro atoms. The molecule has 0 N–H and O–H groups in total. The summed E-state index contributed by atoms with van der Waals surface area (Å²) >= 11 is 0. The summed E-state index contributed by atoms with van der Waals surface area (Å²) < 4.78 is 3.98. The highest BCUT2D eigenvalue weighted by Crippen LogP contribution is 2.25. The maximum atomic E-state index is 13.6. The molecule has 0 aliphatic carbocycles. The van der Waals surface area contributed by atoms with Crippen LogP contribution in [0, 0.1) is 0 Å². The number of aromatic nitrogens is 2. The lowest BCUT2D eigenvalue weighted by Crippen LogP contribution is -2.47. The van der Waals surface area contributed by atoms with Crippen LogP contribution in [0.4, 0.5) is 0 Å². The van der Waals surface area contributed by atoms with Crippen molar-refractivity contribution in [3.05, 3.63) is 70.6 Å². The molecular formula is C24H31N3O. The van der Waals surface area contributed by atoms with Crippen molar-refractivity contribution in [3.8, 4) is 0 Å². The maximum absolute atomic E-state index is 13.6. The van der Waals surface area contributed by atoms with Crippen LogP contribution in [-0.2, 0) is 6.54 Å². The summed E-state index contributed by atoms with van der Waals surface area (Å²) in [5.74, 6) is 0. The molecular weight excluding hydrogens is 346 g/mol. The third kappa shape index (κ3) is 3.42. The van der Waals surface area contributed by atoms with Crippen molar-refractivity contribution in [2.45, 2.75) is 64.7 Å². The monoisotopic (exact) mass is 377 g/mol. The third-order valence-corrected chi connectivity index (χ3v) is 6.27. The summed E-state index contributed by atoms with van der Waals surface area (Å²) in [4.78, 5) is 16.1. The van der Waals surface area contributed by atoms with Crippen molar-refractivity contribution < 1.29 is 0 Å². The highest BCUT2D eigenvalue weighted by molar-refractivity contribution is 5.76. The van der Waals surface area contributed by atoms with Gasteiger partial charge < -0.3 is 0 Å². The van der Waals surface area contributed by atoms with Crippen LogP contribution < -0.4 is 5.69 Å². The van der Waals surface area contributed by atoms with Crippen molar-refractivity contribution in [1.82, 2.24) is 14.0 Å². The van der Waals surface area contributed by atoms with E-state index >= 15 is 0 Å². The van der Waals surface area contributed by atoms with Gasteiger partial charge in [0.1, 0.15) is 0 Å². The van der Waals surface area contributed by atoms with E-state index in [9.17, 15) is 4.79 Å². The Morgan fingerprint density at radius 2 is 1.61 bits per heavy atom. The van der Waals surface area contributed by atoms with E-state index in [4.69, 9.17) is 0 Å². The van der Waals surface area contributed by atoms with Gasteiger partial charge in [0, 0.05) is 18.6 Å². The zero-order valence-corrected chi connectivity index (χ0v) is 17.2. The maximum Gasteiger partial charge on any atom is 0.329 e. The number of piperidine rings is 1. The molecule has 2 atom stereocenters. The van der Waals surface area contributed by atoms with Gasteiger partial charge in [-0.25, -0.2) is 4.79 Å². The number of para-hydroxylation sites is 2. The summed E-state index contributed by atoms with van der Waals surface area (Å²) in [6, 6.07) is 19.5. The molecule has 28 heavy (non-hydrogen) atoms. The van der Waals surface area contributed by atoms with Crippen molar-refractivity contribution >= 4 is 11.0 Å². The number of benzene rings is 2. The lowest BCUT2D eigenvalue weighted by molar-refractivity contribution is 0.0991. The largest absolute Gasteiger partial charge is 0.329 e. The highest BCUT2D eigenvalue weighted by Gasteiger charge is 2.27. The number of nitrogens with zero attached hydrogens (tertiary/aromatic N) is 3. The van der Waals surface area contributed by atoms with E-state index in [-0.39, 0.29) is 11.7 Å². The molecule has 0 saturated carbocycles. The topological polar surface area (TPSA) is 30.2 Å². The van der Waals surface area contributed by atoms with E-state index in [1.54, 1.807) is 0 Å². The van der Waals surface area contributed by atoms with Gasteiger partial charge in [0.05, 0.1) is 17.1 Å². The standard InChI is InChI=1S/C24H31N3O/c1-18(2)25-16-10-9-13-21(25)17-26-22-14-7-8-15-23(22)27(24(26)28)19(3)20-11-5-4-6-12-20/h4-8,11-12,14-15,18-19,21H,9-10,13,16-17H2,1-3H3. The van der Waals surface area contributed by atoms with Crippen molar-refractivity contribution in [2.24, 2.45) is 0 Å². The first-order chi connectivity index (χ1) is 13.6. The fourth-order valence-corrected chi connectivity index (χ4v) is 4.77. The van der Waals surface area contributed by atoms with Crippen molar-refractivity contribution in [1.29, 1.82) is 0 Å². The normalized spacial score (nSPS) is 19.4. The number of rotatable bonds is 5. The Balaban J connectivity index is 1.78. The highest BCUT2D eigenvalue weighted by atomic mass is 16.1. The molecule has 2 heterocycles. The summed E-state index contributed by atoms with van der Waals surface area (Å²) in [7, 11) is 0. The minimum atomic E-state index is 0.00686. The van der Waals surface area contributed by atoms with Gasteiger partial charge in [0.25, 0.3) is 0 Å². The Morgan fingerprint density at radius 3 is 2.32 bits per heavy atom. The number of hydrogen-bond acceptors (Lipinski definition) is 2. The first-order valence-corrected chi connectivity index (χ1v) is 10.6. The van der Waals surface area contributed by atoms with Crippen LogP contribution >= 0.6 is 0 Å². The van der Waals surface area contributed by atoms with E-state index < -0.39 is 0 Å². The fourth-order valence-electron chi connectivity index (χ4n) is 4.77. The Bertz CT molecular complexity index is 986. The van der Waals surface area contributed by atoms with Crippen LogP contribution in [0.1, 0.15) is 51.6 Å². The second kappa shape index (κ2) is 7.96. The molecule has 1 aromatic heterocycles. The van der Waals surface area contributed by atoms with Crippen LogP contribution in [-0.4, -0.2) is 32.7 Å². The molecule has 2 unspecified atom stereocenters. The minimum absolute atomic E-state index is 0.00686. The Labute approximate surface area is 167 Å². The van der Waals surface area contributed by atoms with Crippen LogP contribution in [0.3, 0.4) is 0 Å². The molecule has 4 heteroatoms. The van der Waals surface area contributed by atoms with E-state index in [0.29, 0.717) is 12.1 Å². The Kier molecular flexibility index (Phi) is 5.40. The molecule has 2 aromatic carbocycles. The molecule has 4 nitrogen and oxygen atoms in total. The molecule has 3 aromatic rings. The van der Waals surface area contributed by atoms with E-state index in [0.717, 1.165) is 29.7 Å². The summed E-state index contributed by atoms with van der Waals surface area (Å²) in [5, 5.41) is 0. The van der Waals surface area contributed by atoms with Gasteiger partial charge in [-0.3, -0.25) is 14.0 Å². The number of hydrogen-bond donors (Lipinski definition) is 0. The predicted molar refractivity (Wildman–Crippen MR) is 116 cm³/mol. The SMILES string of the molecule is CC(C)N1CCCCC1Cn1c(=O)n(C(C)c2ccccc2)c2ccccc21. The lowest BCUT2D eigenvalue weighted by atomic mass is 10.0. The van der Waals surface area contributed by atoms with E-state index in [1.165, 1.54) is 19.3 Å². The molecule has 1 fully saturated rings. The average molecular weight is 378 g/mol. The summed E-state index contributed by atoms with van der Waals surface area (Å²) in [5.41, 5.74) is 3.33. The first kappa shape index (κ1) is 19.0. The molecule has 4 rings (SSSR count). The second-order valence-corrected chi connectivity index (χ2v) is 8.32. The molecule has 148 valence electrons. The number of likely N-dealkylation sites (tertiary alicyclic amines) is 1. The predicted octanol–water partition coefficient (Wildman–Crippen LogP) is 4.68. The molecule has 0 radical (unpaired) electrons. The molecule has 1 aliphatic heterocycles. The third-order valence-electron chi connectivity index (χ3n) is 6.27. The zero-order chi connectivity index (χ0) is 19.7. The molecule has 1 aliphatic rings. The summed E-state index contributed by atoms with van der Waals surface area (Å²) in [6.45, 7) is 8.56. The van der Waals surface area contributed by atoms with E-state index in [1.807, 2.05) is 39.5 Å². The smallest absolute Gasteiger partial charge is 0.296 e. The van der Waals surface area contributed by atoms with Gasteiger partial charge in [-0.15, -0.1) is 0 Å². The van der Waals surface area contributed by atoms with Crippen molar-refractivity contribution in [3.63, 3.8) is 0 Å². The van der Waals surface area contributed by atoms with E-state index in [2.05, 4.69) is 49.9 Å². The fraction of sp³-hybridized carbons (Fsp3) is 0.458. The Hall–Kier alpha value is -2.33. The van der Waals surface area contributed by atoms with Crippen LogP contribution in [0.15, 0.2) is 59.4 Å². The Morgan fingerprint density at radius 1 is 0.929 bits per heavy atom. The van der Waals surface area contributed by atoms with Gasteiger partial charge in [-0.2, -0.15) is 0 Å².